The summed E-state index contributed by atoms with van der Waals surface area (Å²) in [5.41, 5.74) is -0.919. The van der Waals surface area contributed by atoms with Crippen LogP contribution in [-0.4, -0.2) is 61.3 Å². The first kappa shape index (κ1) is 35.7. The highest BCUT2D eigenvalue weighted by atomic mass is 35.5. The number of nitrogens with zero attached hydrogens (tertiary/aromatic N) is 2. The zero-order valence-electron chi connectivity index (χ0n) is 30.2. The van der Waals surface area contributed by atoms with E-state index in [9.17, 15) is 14.4 Å². The molecule has 276 valence electrons. The van der Waals surface area contributed by atoms with E-state index in [1.54, 1.807) is 39.3 Å². The van der Waals surface area contributed by atoms with Crippen LogP contribution in [0.2, 0.25) is 5.02 Å². The summed E-state index contributed by atoms with van der Waals surface area (Å²) in [6, 6.07) is 14.3. The van der Waals surface area contributed by atoms with E-state index in [0.717, 1.165) is 15.9 Å². The maximum absolute atomic E-state index is 15.3. The number of hydrogen-bond donors (Lipinski definition) is 1. The molecule has 3 unspecified atom stereocenters. The third kappa shape index (κ3) is 5.35. The highest BCUT2D eigenvalue weighted by Crippen LogP contribution is 2.56. The van der Waals surface area contributed by atoms with E-state index in [-0.39, 0.29) is 57.8 Å². The number of carbonyl (C=O) groups excluding carboxylic acids is 2. The van der Waals surface area contributed by atoms with Gasteiger partial charge in [-0.05, 0) is 41.8 Å². The van der Waals surface area contributed by atoms with Crippen molar-refractivity contribution < 1.29 is 38.0 Å². The lowest BCUT2D eigenvalue weighted by Gasteiger charge is -2.42. The van der Waals surface area contributed by atoms with Crippen LogP contribution in [0.25, 0.3) is 0 Å². The molecule has 0 bridgehead atoms. The fourth-order valence-corrected chi connectivity index (χ4v) is 7.84. The SMILES string of the molecule is COc1ccc(CCOc2cc(C3C4=C(CC(C)C5(Oc6c(Cl)c(OC)cc(OC)c6C5=O)C4=O)Nc4c3c(=O)n(C)c(=O)n4C)ccc2OC)cc1. The minimum atomic E-state index is -2.04. The summed E-state index contributed by atoms with van der Waals surface area (Å²) in [7, 11) is 8.86. The van der Waals surface area contributed by atoms with E-state index in [4.69, 9.17) is 40.0 Å². The van der Waals surface area contributed by atoms with E-state index in [1.165, 1.54) is 39.0 Å². The Hall–Kier alpha value is -5.69. The summed E-state index contributed by atoms with van der Waals surface area (Å²) in [6.45, 7) is 2.02. The number of nitrogens with one attached hydrogen (secondary N) is 1. The predicted molar refractivity (Wildman–Crippen MR) is 196 cm³/mol. The average Bonchev–Trinajstić information content (AvgIpc) is 3.49. The zero-order valence-corrected chi connectivity index (χ0v) is 31.0. The number of Topliss-reactive ketones (excluding diaryl/α,β-unsaturated/α-hetero) is 2. The van der Waals surface area contributed by atoms with Crippen molar-refractivity contribution in [3.63, 3.8) is 0 Å². The summed E-state index contributed by atoms with van der Waals surface area (Å²) in [6.07, 6.45) is 0.722. The first-order valence-corrected chi connectivity index (χ1v) is 17.3. The highest BCUT2D eigenvalue weighted by molar-refractivity contribution is 6.36. The summed E-state index contributed by atoms with van der Waals surface area (Å²) in [5.74, 6) is -0.920. The van der Waals surface area contributed by atoms with Gasteiger partial charge in [0.1, 0.15) is 33.7 Å². The molecule has 4 aromatic rings. The second-order valence-corrected chi connectivity index (χ2v) is 13.6. The van der Waals surface area contributed by atoms with Crippen molar-refractivity contribution in [2.45, 2.75) is 31.3 Å². The molecule has 3 heterocycles. The molecule has 13 nitrogen and oxygen atoms in total. The molecule has 1 spiro atoms. The molecule has 0 radical (unpaired) electrons. The summed E-state index contributed by atoms with van der Waals surface area (Å²) in [5, 5.41) is 3.26. The van der Waals surface area contributed by atoms with Gasteiger partial charge in [-0.2, -0.15) is 0 Å². The quantitative estimate of drug-likeness (QED) is 0.236. The molecule has 0 fully saturated rings. The molecule has 53 heavy (non-hydrogen) atoms. The van der Waals surface area contributed by atoms with Gasteiger partial charge in [-0.3, -0.25) is 23.5 Å². The first-order valence-electron chi connectivity index (χ1n) is 16.9. The van der Waals surface area contributed by atoms with Crippen LogP contribution >= 0.6 is 11.6 Å². The van der Waals surface area contributed by atoms with E-state index >= 15 is 4.79 Å². The van der Waals surface area contributed by atoms with Crippen LogP contribution in [0, 0.1) is 5.92 Å². The van der Waals surface area contributed by atoms with Gasteiger partial charge in [-0.1, -0.05) is 36.7 Å². The number of halogens is 1. The maximum Gasteiger partial charge on any atom is 0.332 e. The van der Waals surface area contributed by atoms with Crippen LogP contribution in [-0.2, 0) is 25.3 Å². The van der Waals surface area contributed by atoms with E-state index < -0.39 is 40.3 Å². The smallest absolute Gasteiger partial charge is 0.332 e. The van der Waals surface area contributed by atoms with Gasteiger partial charge >= 0.3 is 5.69 Å². The Kier molecular flexibility index (Phi) is 9.01. The molecule has 1 aliphatic carbocycles. The van der Waals surface area contributed by atoms with Crippen LogP contribution in [0.5, 0.6) is 34.5 Å². The van der Waals surface area contributed by atoms with Gasteiger partial charge in [0.05, 0.1) is 40.6 Å². The lowest BCUT2D eigenvalue weighted by atomic mass is 9.66. The third-order valence-corrected chi connectivity index (χ3v) is 10.8. The molecule has 0 saturated carbocycles. The lowest BCUT2D eigenvalue weighted by molar-refractivity contribution is -0.130. The van der Waals surface area contributed by atoms with Crippen LogP contribution in [0.4, 0.5) is 5.82 Å². The molecule has 0 amide bonds. The average molecular weight is 744 g/mol. The topological polar surface area (TPSA) is 146 Å². The molecule has 7 rings (SSSR count). The van der Waals surface area contributed by atoms with Gasteiger partial charge in [0.15, 0.2) is 17.2 Å². The minimum absolute atomic E-state index is 0.0202. The molecule has 3 aliphatic rings. The van der Waals surface area contributed by atoms with E-state index in [1.807, 2.05) is 24.3 Å². The van der Waals surface area contributed by atoms with E-state index in [2.05, 4.69) is 5.32 Å². The molecular formula is C39H38ClN3O10. The number of hydrogen-bond acceptors (Lipinski definition) is 11. The van der Waals surface area contributed by atoms with Crippen LogP contribution in [0.1, 0.15) is 46.3 Å². The largest absolute Gasteiger partial charge is 0.497 e. The number of aromatic nitrogens is 2. The van der Waals surface area contributed by atoms with Gasteiger partial charge in [-0.25, -0.2) is 4.79 Å². The summed E-state index contributed by atoms with van der Waals surface area (Å²) < 4.78 is 36.9. The van der Waals surface area contributed by atoms with Crippen LogP contribution < -0.4 is 45.0 Å². The van der Waals surface area contributed by atoms with Gasteiger partial charge < -0.3 is 33.7 Å². The van der Waals surface area contributed by atoms with Crippen molar-refractivity contribution in [3.8, 4) is 34.5 Å². The number of fused-ring (bicyclic) bond motifs is 2. The second kappa shape index (κ2) is 13.4. The molecule has 1 N–H and O–H groups in total. The number of allylic oxidation sites excluding steroid dienone is 1. The van der Waals surface area contributed by atoms with Crippen molar-refractivity contribution in [2.75, 3.05) is 40.4 Å². The number of rotatable bonds is 9. The number of anilines is 1. The van der Waals surface area contributed by atoms with Crippen molar-refractivity contribution >= 4 is 29.0 Å². The molecule has 3 aromatic carbocycles. The fourth-order valence-electron chi connectivity index (χ4n) is 7.58. The monoisotopic (exact) mass is 743 g/mol. The van der Waals surface area contributed by atoms with Crippen LogP contribution in [0.3, 0.4) is 0 Å². The van der Waals surface area contributed by atoms with Crippen molar-refractivity contribution in [3.05, 3.63) is 108 Å². The Morgan fingerprint density at radius 3 is 2.21 bits per heavy atom. The van der Waals surface area contributed by atoms with E-state index in [0.29, 0.717) is 29.2 Å². The molecular weight excluding hydrogens is 706 g/mol. The van der Waals surface area contributed by atoms with Crippen LogP contribution in [0.15, 0.2) is 69.4 Å². The van der Waals surface area contributed by atoms with Gasteiger partial charge in [0.2, 0.25) is 17.2 Å². The number of benzene rings is 3. The third-order valence-electron chi connectivity index (χ3n) is 10.4. The zero-order chi connectivity index (χ0) is 37.9. The van der Waals surface area contributed by atoms with Gasteiger partial charge in [0.25, 0.3) is 5.56 Å². The molecule has 14 heteroatoms. The van der Waals surface area contributed by atoms with Crippen molar-refractivity contribution in [1.82, 2.24) is 9.13 Å². The standard InChI is InChI=1S/C39H38ClN3O10/c1-19-16-23-29(34(44)39(19)35(45)30-26(50-6)18-27(51-7)32(40)33(30)53-39)28(31-36(41-23)42(2)38(47)43(3)37(31)46)21-10-13-24(49-5)25(17-21)52-15-14-20-8-11-22(48-4)12-9-20/h8-13,17-19,28,41H,14-16H2,1-7H3. The Labute approximate surface area is 309 Å². The highest BCUT2D eigenvalue weighted by Gasteiger charge is 2.63. The number of ketones is 2. The Morgan fingerprint density at radius 1 is 0.849 bits per heavy atom. The number of methoxy groups -OCH3 is 4. The molecule has 0 saturated heterocycles. The Balaban J connectivity index is 1.37. The summed E-state index contributed by atoms with van der Waals surface area (Å²) >= 11 is 6.68. The van der Waals surface area contributed by atoms with Gasteiger partial charge in [-0.15, -0.1) is 0 Å². The van der Waals surface area contributed by atoms with Crippen molar-refractivity contribution in [1.29, 1.82) is 0 Å². The normalized spacial score (nSPS) is 19.9. The maximum atomic E-state index is 15.3. The molecule has 3 atom stereocenters. The summed E-state index contributed by atoms with van der Waals surface area (Å²) in [4.78, 5) is 57.2. The number of ether oxygens (including phenoxy) is 6. The van der Waals surface area contributed by atoms with Gasteiger partial charge in [0, 0.05) is 49.7 Å². The predicted octanol–water partition coefficient (Wildman–Crippen LogP) is 4.83. The lowest BCUT2D eigenvalue weighted by Crippen LogP contribution is -2.58. The number of carbonyl (C=O) groups is 2. The Bertz CT molecular complexity index is 2350. The second-order valence-electron chi connectivity index (χ2n) is 13.2. The minimum Gasteiger partial charge on any atom is -0.497 e. The first-order chi connectivity index (χ1) is 25.4. The fraction of sp³-hybridized carbons (Fsp3) is 0.333. The molecule has 2 aliphatic heterocycles. The van der Waals surface area contributed by atoms with Crippen molar-refractivity contribution in [2.24, 2.45) is 20.0 Å². The molecule has 1 aromatic heterocycles. The Morgan fingerprint density at radius 2 is 1.55 bits per heavy atom.